The summed E-state index contributed by atoms with van der Waals surface area (Å²) < 4.78 is 0. The number of amides is 6. The number of benzene rings is 4. The number of H-pyrrole nitrogens is 1. The molecule has 0 aliphatic rings. The number of para-hydroxylation sites is 1. The first-order valence-electron chi connectivity index (χ1n) is 20.7. The lowest BCUT2D eigenvalue weighted by molar-refractivity contribution is -0.134. The molecule has 16 heteroatoms. The van der Waals surface area contributed by atoms with Crippen LogP contribution < -0.4 is 37.9 Å². The second-order valence-electron chi connectivity index (χ2n) is 15.9. The molecule has 0 radical (unpaired) electrons. The molecule has 10 N–H and O–H groups in total. The SMILES string of the molecule is CC(C)Cc1ccc(C(C)C(=O)N[C@H](Cc2c[nH]c3ccccc23)C(=O)NNC(=O)[C@H](Cc2ccccc2)NC(=O)CNC(=O)[C@H](C)NC(=O)[C@@H](N)Cc2ccc(O)cc2)cc1.Cl. The second kappa shape index (κ2) is 23.5. The number of hydrazine groups is 1. The van der Waals surface area contributed by atoms with Crippen LogP contribution in [0.5, 0.6) is 5.75 Å². The minimum atomic E-state index is -1.20. The number of hydrogen-bond donors (Lipinski definition) is 9. The van der Waals surface area contributed by atoms with Crippen molar-refractivity contribution < 1.29 is 33.9 Å². The standard InChI is InChI=1S/C47H56N8O7.ClH/c1-28(2)22-32-14-18-34(19-15-32)29(3)43(58)53-41(25-35-26-49-39-13-9-8-12-37(35)39)47(62)55-54-46(61)40(24-31-10-6-5-7-11-31)52-42(57)27-50-44(59)30(4)51-45(60)38(48)23-33-16-20-36(56)21-17-33;/h5-21,26,28-30,38,40-41,49,56H,22-25,27,48H2,1-4H3,(H,50,59)(H,51,60)(H,52,57)(H,53,58)(H,54,61)(H,55,62);1H/t29?,30-,38-,40-,41+;/m0./s1. The number of rotatable bonds is 19. The number of nitrogens with one attached hydrogen (secondary N) is 7. The molecule has 15 nitrogen and oxygen atoms in total. The van der Waals surface area contributed by atoms with Gasteiger partial charge in [0.15, 0.2) is 0 Å². The maximum atomic E-state index is 13.9. The molecule has 5 atom stereocenters. The lowest BCUT2D eigenvalue weighted by Crippen LogP contribution is -2.58. The van der Waals surface area contributed by atoms with Gasteiger partial charge in [-0.25, -0.2) is 0 Å². The molecular weight excluding hydrogens is 824 g/mol. The Labute approximate surface area is 373 Å². The molecule has 0 fully saturated rings. The monoisotopic (exact) mass is 880 g/mol. The van der Waals surface area contributed by atoms with Crippen molar-refractivity contribution in [2.24, 2.45) is 11.7 Å². The largest absolute Gasteiger partial charge is 0.508 e. The molecule has 334 valence electrons. The molecule has 0 aliphatic heterocycles. The van der Waals surface area contributed by atoms with E-state index in [1.807, 2.05) is 48.5 Å². The maximum absolute atomic E-state index is 13.9. The van der Waals surface area contributed by atoms with Crippen molar-refractivity contribution in [3.05, 3.63) is 137 Å². The average Bonchev–Trinajstić information content (AvgIpc) is 3.67. The molecule has 1 aromatic heterocycles. The summed E-state index contributed by atoms with van der Waals surface area (Å²) >= 11 is 0. The number of fused-ring (bicyclic) bond motifs is 1. The summed E-state index contributed by atoms with van der Waals surface area (Å²) in [6.45, 7) is 6.96. The van der Waals surface area contributed by atoms with E-state index in [-0.39, 0.29) is 43.3 Å². The molecule has 0 aliphatic carbocycles. The number of aromatic amines is 1. The van der Waals surface area contributed by atoms with Crippen molar-refractivity contribution in [2.75, 3.05) is 6.54 Å². The Hall–Kier alpha value is -6.71. The van der Waals surface area contributed by atoms with Gasteiger partial charge in [0.1, 0.15) is 23.9 Å². The molecule has 63 heavy (non-hydrogen) atoms. The fourth-order valence-corrected chi connectivity index (χ4v) is 6.88. The third kappa shape index (κ3) is 14.7. The van der Waals surface area contributed by atoms with Crippen LogP contribution in [0.2, 0.25) is 0 Å². The highest BCUT2D eigenvalue weighted by Gasteiger charge is 2.28. The number of phenolic OH excluding ortho intramolecular Hbond substituents is 1. The van der Waals surface area contributed by atoms with Crippen LogP contribution in [0.25, 0.3) is 10.9 Å². The van der Waals surface area contributed by atoms with E-state index in [1.165, 1.54) is 19.1 Å². The van der Waals surface area contributed by atoms with E-state index >= 15 is 0 Å². The number of carbonyl (C=O) groups is 6. The molecule has 5 aromatic rings. The Morgan fingerprint density at radius 1 is 0.603 bits per heavy atom. The van der Waals surface area contributed by atoms with E-state index in [9.17, 15) is 33.9 Å². The van der Waals surface area contributed by atoms with Gasteiger partial charge in [-0.05, 0) is 78.6 Å². The first-order valence-corrected chi connectivity index (χ1v) is 20.7. The molecule has 0 saturated carbocycles. The van der Waals surface area contributed by atoms with Crippen LogP contribution in [0.1, 0.15) is 61.4 Å². The van der Waals surface area contributed by atoms with Crippen molar-refractivity contribution in [3.8, 4) is 5.75 Å². The molecule has 1 heterocycles. The van der Waals surface area contributed by atoms with Gasteiger partial charge in [0.2, 0.25) is 23.6 Å². The average molecular weight is 881 g/mol. The Morgan fingerprint density at radius 2 is 1.17 bits per heavy atom. The first-order chi connectivity index (χ1) is 29.7. The van der Waals surface area contributed by atoms with Crippen LogP contribution in [-0.4, -0.2) is 76.2 Å². The minimum absolute atomic E-state index is 0. The fraction of sp³-hybridized carbons (Fsp3) is 0.319. The molecule has 0 bridgehead atoms. The molecule has 4 aromatic carbocycles. The van der Waals surface area contributed by atoms with Gasteiger partial charge < -0.3 is 37.1 Å². The molecule has 0 saturated heterocycles. The topological polar surface area (TPSA) is 237 Å². The van der Waals surface area contributed by atoms with Crippen molar-refractivity contribution >= 4 is 58.8 Å². The predicted octanol–water partition coefficient (Wildman–Crippen LogP) is 3.39. The van der Waals surface area contributed by atoms with Crippen LogP contribution in [0.15, 0.2) is 109 Å². The van der Waals surface area contributed by atoms with Crippen LogP contribution >= 0.6 is 12.4 Å². The molecule has 6 amide bonds. The summed E-state index contributed by atoms with van der Waals surface area (Å²) in [5, 5.41) is 20.9. The van der Waals surface area contributed by atoms with E-state index in [2.05, 4.69) is 51.0 Å². The van der Waals surface area contributed by atoms with Gasteiger partial charge in [-0.3, -0.25) is 39.6 Å². The lowest BCUT2D eigenvalue weighted by atomic mass is 9.95. The summed E-state index contributed by atoms with van der Waals surface area (Å²) in [6.07, 6.45) is 2.99. The molecule has 0 spiro atoms. The Balaban J connectivity index is 0.00000871. The van der Waals surface area contributed by atoms with Gasteiger partial charge in [-0.1, -0.05) is 98.8 Å². The quantitative estimate of drug-likeness (QED) is 0.0557. The predicted molar refractivity (Wildman–Crippen MR) is 243 cm³/mol. The lowest BCUT2D eigenvalue weighted by Gasteiger charge is -2.23. The number of carbonyl (C=O) groups excluding carboxylic acids is 6. The number of hydrogen-bond acceptors (Lipinski definition) is 8. The van der Waals surface area contributed by atoms with Gasteiger partial charge in [0, 0.05) is 29.9 Å². The zero-order valence-corrected chi connectivity index (χ0v) is 36.6. The number of aromatic hydroxyl groups is 1. The van der Waals surface area contributed by atoms with E-state index < -0.39 is 66.2 Å². The van der Waals surface area contributed by atoms with Crippen LogP contribution in [-0.2, 0) is 54.5 Å². The normalized spacial score (nSPS) is 13.3. The van der Waals surface area contributed by atoms with Gasteiger partial charge in [0.25, 0.3) is 11.8 Å². The van der Waals surface area contributed by atoms with Gasteiger partial charge in [-0.2, -0.15) is 0 Å². The van der Waals surface area contributed by atoms with E-state index in [1.54, 1.807) is 55.6 Å². The molecule has 1 unspecified atom stereocenters. The van der Waals surface area contributed by atoms with Crippen molar-refractivity contribution in [3.63, 3.8) is 0 Å². The van der Waals surface area contributed by atoms with Gasteiger partial charge >= 0.3 is 0 Å². The fourth-order valence-electron chi connectivity index (χ4n) is 6.88. The third-order valence-electron chi connectivity index (χ3n) is 10.4. The Kier molecular flexibility index (Phi) is 18.3. The smallest absolute Gasteiger partial charge is 0.261 e. The van der Waals surface area contributed by atoms with Gasteiger partial charge in [0.05, 0.1) is 18.5 Å². The number of phenols is 1. The van der Waals surface area contributed by atoms with Gasteiger partial charge in [-0.15, -0.1) is 12.4 Å². The highest BCUT2D eigenvalue weighted by Crippen LogP contribution is 2.21. The highest BCUT2D eigenvalue weighted by atomic mass is 35.5. The minimum Gasteiger partial charge on any atom is -0.508 e. The van der Waals surface area contributed by atoms with Crippen molar-refractivity contribution in [1.29, 1.82) is 0 Å². The van der Waals surface area contributed by atoms with Crippen LogP contribution in [0, 0.1) is 5.92 Å². The number of aromatic nitrogens is 1. The maximum Gasteiger partial charge on any atom is 0.261 e. The second-order valence-corrected chi connectivity index (χ2v) is 15.9. The zero-order valence-electron chi connectivity index (χ0n) is 35.8. The Morgan fingerprint density at radius 3 is 1.83 bits per heavy atom. The van der Waals surface area contributed by atoms with Crippen molar-refractivity contribution in [1.82, 2.24) is 37.1 Å². The van der Waals surface area contributed by atoms with Crippen molar-refractivity contribution in [2.45, 2.75) is 83.5 Å². The Bertz CT molecular complexity index is 2320. The highest BCUT2D eigenvalue weighted by molar-refractivity contribution is 5.95. The number of halogens is 1. The summed E-state index contributed by atoms with van der Waals surface area (Å²) in [5.41, 5.74) is 15.9. The summed E-state index contributed by atoms with van der Waals surface area (Å²) in [7, 11) is 0. The van der Waals surface area contributed by atoms with E-state index in [0.29, 0.717) is 17.0 Å². The van der Waals surface area contributed by atoms with E-state index in [4.69, 9.17) is 5.73 Å². The molecule has 5 rings (SSSR count). The zero-order chi connectivity index (χ0) is 44.8. The number of nitrogens with two attached hydrogens (primary N) is 1. The summed E-state index contributed by atoms with van der Waals surface area (Å²) in [4.78, 5) is 83.2. The van der Waals surface area contributed by atoms with Crippen LogP contribution in [0.3, 0.4) is 0 Å². The summed E-state index contributed by atoms with van der Waals surface area (Å²) in [5.74, 6) is -3.81. The van der Waals surface area contributed by atoms with E-state index in [0.717, 1.165) is 34.0 Å². The summed E-state index contributed by atoms with van der Waals surface area (Å²) in [6, 6.07) is 26.2. The van der Waals surface area contributed by atoms with Crippen LogP contribution in [0.4, 0.5) is 0 Å². The molecular formula is C47H57ClN8O7. The first kappa shape index (κ1) is 49.0. The third-order valence-corrected chi connectivity index (χ3v) is 10.4.